The van der Waals surface area contributed by atoms with Gasteiger partial charge in [0.1, 0.15) is 6.54 Å². The highest BCUT2D eigenvalue weighted by molar-refractivity contribution is 5.88. The first-order chi connectivity index (χ1) is 13.8. The first-order valence-corrected chi connectivity index (χ1v) is 10.6. The van der Waals surface area contributed by atoms with Gasteiger partial charge in [-0.1, -0.05) is 24.3 Å². The molecule has 0 saturated heterocycles. The lowest BCUT2D eigenvalue weighted by molar-refractivity contribution is -0.147. The van der Waals surface area contributed by atoms with Crippen molar-refractivity contribution in [1.82, 2.24) is 14.4 Å². The van der Waals surface area contributed by atoms with Crippen molar-refractivity contribution in [3.05, 3.63) is 59.4 Å². The number of hydrogen-bond donors (Lipinski definition) is 0. The van der Waals surface area contributed by atoms with Crippen LogP contribution in [0.25, 0.3) is 0 Å². The van der Waals surface area contributed by atoms with Crippen LogP contribution in [0.3, 0.4) is 0 Å². The number of carbonyl (C=O) groups excluding carboxylic acids is 2. The van der Waals surface area contributed by atoms with Crippen LogP contribution in [0.5, 0.6) is 0 Å². The first kappa shape index (κ1) is 19.7. The summed E-state index contributed by atoms with van der Waals surface area (Å²) >= 11 is 0. The molecule has 0 spiro atoms. The Morgan fingerprint density at radius 3 is 2.45 bits per heavy atom. The van der Waals surface area contributed by atoms with Gasteiger partial charge in [0.2, 0.25) is 11.8 Å². The molecule has 5 nitrogen and oxygen atoms in total. The van der Waals surface area contributed by atoms with E-state index in [1.807, 2.05) is 43.9 Å². The van der Waals surface area contributed by atoms with Crippen molar-refractivity contribution in [2.45, 2.75) is 58.7 Å². The summed E-state index contributed by atoms with van der Waals surface area (Å²) < 4.78 is 2.23. The van der Waals surface area contributed by atoms with Crippen LogP contribution in [0.2, 0.25) is 0 Å². The summed E-state index contributed by atoms with van der Waals surface area (Å²) in [5.41, 5.74) is 3.08. The second-order valence-electron chi connectivity index (χ2n) is 9.34. The largest absolute Gasteiger partial charge is 0.348 e. The third-order valence-corrected chi connectivity index (χ3v) is 6.14. The maximum absolute atomic E-state index is 13.6. The van der Waals surface area contributed by atoms with E-state index in [-0.39, 0.29) is 35.9 Å². The Labute approximate surface area is 173 Å². The minimum absolute atomic E-state index is 0.0228. The van der Waals surface area contributed by atoms with Crippen molar-refractivity contribution in [3.8, 4) is 0 Å². The van der Waals surface area contributed by atoms with Gasteiger partial charge in [0.15, 0.2) is 0 Å². The van der Waals surface area contributed by atoms with Crippen LogP contribution in [0.1, 0.15) is 56.5 Å². The van der Waals surface area contributed by atoms with Gasteiger partial charge < -0.3 is 14.4 Å². The lowest BCUT2D eigenvalue weighted by Crippen LogP contribution is -2.53. The van der Waals surface area contributed by atoms with Crippen molar-refractivity contribution in [2.75, 3.05) is 13.1 Å². The minimum atomic E-state index is -0.372. The summed E-state index contributed by atoms with van der Waals surface area (Å²) in [4.78, 5) is 30.2. The fourth-order valence-electron chi connectivity index (χ4n) is 4.30. The molecule has 1 saturated carbocycles. The molecule has 1 atom stereocenters. The average molecular weight is 394 g/mol. The molecule has 1 aliphatic carbocycles. The zero-order valence-corrected chi connectivity index (χ0v) is 17.9. The third-order valence-electron chi connectivity index (χ3n) is 6.14. The molecule has 2 heterocycles. The zero-order chi connectivity index (χ0) is 20.8. The molecule has 0 radical (unpaired) electrons. The standard InChI is InChI=1S/C24H31N3O2/c1-17-8-5-6-9-19(17)22-20-10-7-13-25(20)14-15-26(22)21(28)16-27(24(2,3)4)23(29)18-11-12-18/h5-10,13,18,22H,11-12,14-16H2,1-4H3/t22-/m0/s1. The number of carbonyl (C=O) groups is 2. The maximum atomic E-state index is 13.6. The summed E-state index contributed by atoms with van der Waals surface area (Å²) in [7, 11) is 0. The molecule has 154 valence electrons. The van der Waals surface area contributed by atoms with Crippen LogP contribution in [0, 0.1) is 12.8 Å². The Balaban J connectivity index is 1.66. The highest BCUT2D eigenvalue weighted by Gasteiger charge is 2.40. The number of hydrogen-bond acceptors (Lipinski definition) is 2. The molecule has 1 aromatic carbocycles. The quantitative estimate of drug-likeness (QED) is 0.794. The SMILES string of the molecule is Cc1ccccc1[C@H]1c2cccn2CCN1C(=O)CN(C(=O)C1CC1)C(C)(C)C. The van der Waals surface area contributed by atoms with Crippen LogP contribution in [0.15, 0.2) is 42.6 Å². The molecule has 2 aliphatic rings. The van der Waals surface area contributed by atoms with Crippen molar-refractivity contribution < 1.29 is 9.59 Å². The number of nitrogens with zero attached hydrogens (tertiary/aromatic N) is 3. The second-order valence-corrected chi connectivity index (χ2v) is 9.34. The predicted molar refractivity (Wildman–Crippen MR) is 113 cm³/mol. The van der Waals surface area contributed by atoms with Crippen LogP contribution >= 0.6 is 0 Å². The van der Waals surface area contributed by atoms with Gasteiger partial charge in [0.25, 0.3) is 0 Å². The smallest absolute Gasteiger partial charge is 0.243 e. The molecule has 1 aromatic heterocycles. The van der Waals surface area contributed by atoms with Crippen LogP contribution in [0.4, 0.5) is 0 Å². The Hall–Kier alpha value is -2.56. The van der Waals surface area contributed by atoms with E-state index >= 15 is 0 Å². The highest BCUT2D eigenvalue weighted by Crippen LogP contribution is 2.36. The molecule has 1 aliphatic heterocycles. The van der Waals surface area contributed by atoms with Gasteiger partial charge >= 0.3 is 0 Å². The van der Waals surface area contributed by atoms with E-state index in [0.29, 0.717) is 6.54 Å². The second kappa shape index (κ2) is 7.36. The number of rotatable bonds is 4. The monoisotopic (exact) mass is 393 g/mol. The van der Waals surface area contributed by atoms with E-state index in [2.05, 4.69) is 35.9 Å². The van der Waals surface area contributed by atoms with Crippen LogP contribution < -0.4 is 0 Å². The summed E-state index contributed by atoms with van der Waals surface area (Å²) in [5, 5.41) is 0. The van der Waals surface area contributed by atoms with Crippen molar-refractivity contribution in [3.63, 3.8) is 0 Å². The van der Waals surface area contributed by atoms with Gasteiger partial charge in [-0.25, -0.2) is 0 Å². The van der Waals surface area contributed by atoms with E-state index < -0.39 is 0 Å². The van der Waals surface area contributed by atoms with E-state index in [4.69, 9.17) is 0 Å². The molecule has 0 unspecified atom stereocenters. The number of amides is 2. The van der Waals surface area contributed by atoms with Crippen molar-refractivity contribution in [1.29, 1.82) is 0 Å². The number of aromatic nitrogens is 1. The third kappa shape index (κ3) is 3.83. The molecule has 5 heteroatoms. The van der Waals surface area contributed by atoms with Crippen LogP contribution in [-0.2, 0) is 16.1 Å². The van der Waals surface area contributed by atoms with Gasteiger partial charge in [-0.3, -0.25) is 9.59 Å². The fraction of sp³-hybridized carbons (Fsp3) is 0.500. The minimum Gasteiger partial charge on any atom is -0.348 e. The summed E-state index contributed by atoms with van der Waals surface area (Å²) in [6.45, 7) is 9.71. The van der Waals surface area contributed by atoms with Gasteiger partial charge in [-0.05, 0) is 63.8 Å². The molecular formula is C24H31N3O2. The predicted octanol–water partition coefficient (Wildman–Crippen LogP) is 3.77. The average Bonchev–Trinajstić information content (AvgIpc) is 3.41. The van der Waals surface area contributed by atoms with E-state index in [0.717, 1.165) is 30.6 Å². The zero-order valence-electron chi connectivity index (χ0n) is 17.9. The Kier molecular flexibility index (Phi) is 5.01. The summed E-state index contributed by atoms with van der Waals surface area (Å²) in [6, 6.07) is 12.3. The molecule has 0 N–H and O–H groups in total. The van der Waals surface area contributed by atoms with Crippen LogP contribution in [-0.4, -0.2) is 44.8 Å². The number of fused-ring (bicyclic) bond motifs is 1. The van der Waals surface area contributed by atoms with Crippen molar-refractivity contribution in [2.24, 2.45) is 5.92 Å². The van der Waals surface area contributed by atoms with Gasteiger partial charge in [0.05, 0.1) is 6.04 Å². The maximum Gasteiger partial charge on any atom is 0.243 e. The van der Waals surface area contributed by atoms with Gasteiger partial charge in [-0.2, -0.15) is 0 Å². The van der Waals surface area contributed by atoms with E-state index in [9.17, 15) is 9.59 Å². The molecule has 2 aromatic rings. The molecule has 0 bridgehead atoms. The van der Waals surface area contributed by atoms with E-state index in [1.54, 1.807) is 4.90 Å². The normalized spacial score (nSPS) is 19.0. The highest BCUT2D eigenvalue weighted by atomic mass is 16.2. The molecule has 1 fully saturated rings. The lowest BCUT2D eigenvalue weighted by Gasteiger charge is -2.41. The summed E-state index contributed by atoms with van der Waals surface area (Å²) in [5.74, 6) is 0.251. The number of aryl methyl sites for hydroxylation is 1. The molecule has 29 heavy (non-hydrogen) atoms. The summed E-state index contributed by atoms with van der Waals surface area (Å²) in [6.07, 6.45) is 3.98. The van der Waals surface area contributed by atoms with E-state index in [1.165, 1.54) is 5.56 Å². The van der Waals surface area contributed by atoms with Gasteiger partial charge in [-0.15, -0.1) is 0 Å². The fourth-order valence-corrected chi connectivity index (χ4v) is 4.30. The lowest BCUT2D eigenvalue weighted by atomic mass is 9.95. The number of benzene rings is 1. The Morgan fingerprint density at radius 1 is 1.07 bits per heavy atom. The van der Waals surface area contributed by atoms with Crippen molar-refractivity contribution >= 4 is 11.8 Å². The molecule has 2 amide bonds. The Morgan fingerprint density at radius 2 is 1.79 bits per heavy atom. The molecule has 4 rings (SSSR count). The van der Waals surface area contributed by atoms with Gasteiger partial charge in [0, 0.05) is 36.4 Å². The topological polar surface area (TPSA) is 45.6 Å². The Bertz CT molecular complexity index is 920. The first-order valence-electron chi connectivity index (χ1n) is 10.6. The molecular weight excluding hydrogens is 362 g/mol.